The second kappa shape index (κ2) is 10.4. The van der Waals surface area contributed by atoms with Crippen LogP contribution >= 0.6 is 23.2 Å². The highest BCUT2D eigenvalue weighted by Gasteiger charge is 2.29. The second-order valence-corrected chi connectivity index (χ2v) is 9.86. The molecule has 1 amide bonds. The highest BCUT2D eigenvalue weighted by molar-refractivity contribution is 7.89. The number of carbonyl (C=O) groups is 1. The van der Waals surface area contributed by atoms with Gasteiger partial charge >= 0.3 is 6.09 Å². The maximum absolute atomic E-state index is 13.5. The molecule has 0 unspecified atom stereocenters. The van der Waals surface area contributed by atoms with Gasteiger partial charge in [-0.15, -0.1) is 0 Å². The quantitative estimate of drug-likeness (QED) is 0.393. The van der Waals surface area contributed by atoms with E-state index in [2.05, 4.69) is 5.32 Å². The van der Waals surface area contributed by atoms with E-state index < -0.39 is 32.6 Å². The molecule has 11 heteroatoms. The number of nitrogens with zero attached hydrogens (tertiary/aromatic N) is 1. The monoisotopic (exact) mass is 512 g/mol. The van der Waals surface area contributed by atoms with Gasteiger partial charge in [0.25, 0.3) is 0 Å². The summed E-state index contributed by atoms with van der Waals surface area (Å²) >= 11 is 11.9. The third-order valence-corrected chi connectivity index (χ3v) is 7.02. The Balaban J connectivity index is 1.96. The van der Waals surface area contributed by atoms with Crippen molar-refractivity contribution in [2.24, 2.45) is 0 Å². The summed E-state index contributed by atoms with van der Waals surface area (Å²) in [6.07, 6.45) is -1.16. The van der Waals surface area contributed by atoms with Gasteiger partial charge in [-0.2, -0.15) is 4.31 Å². The van der Waals surface area contributed by atoms with E-state index in [4.69, 9.17) is 28.3 Å². The molecule has 0 aromatic heterocycles. The summed E-state index contributed by atoms with van der Waals surface area (Å²) in [6, 6.07) is 14.4. The number of hydrogen-bond acceptors (Lipinski definition) is 4. The molecule has 3 rings (SSSR count). The van der Waals surface area contributed by atoms with Crippen molar-refractivity contribution in [2.45, 2.75) is 24.5 Å². The van der Waals surface area contributed by atoms with Crippen LogP contribution in [-0.2, 0) is 29.7 Å². The average molecular weight is 513 g/mol. The average Bonchev–Trinajstić information content (AvgIpc) is 2.76. The molecule has 0 heterocycles. The molecule has 0 fully saturated rings. The summed E-state index contributed by atoms with van der Waals surface area (Å²) in [7, 11) is -4.28. The standard InChI is InChI=1S/C22H19Cl2FN2O5S/c23-17-9-19(24)21(28)20(10-17)33(31,32)27(13-16-5-7-18(25)8-6-16)12-15-3-1-14(2-4-15)11-26-22(29)30/h1-10,26,28H,11-13H2,(H,29,30). The van der Waals surface area contributed by atoms with E-state index in [9.17, 15) is 22.7 Å². The molecule has 3 aromatic rings. The fourth-order valence-corrected chi connectivity index (χ4v) is 5.20. The summed E-state index contributed by atoms with van der Waals surface area (Å²) < 4.78 is 41.4. The zero-order valence-corrected chi connectivity index (χ0v) is 19.3. The summed E-state index contributed by atoms with van der Waals surface area (Å²) in [5.74, 6) is -1.08. The predicted molar refractivity (Wildman–Crippen MR) is 122 cm³/mol. The van der Waals surface area contributed by atoms with E-state index in [0.29, 0.717) is 16.7 Å². The minimum atomic E-state index is -4.28. The summed E-state index contributed by atoms with van der Waals surface area (Å²) in [5.41, 5.74) is 1.82. The minimum absolute atomic E-state index is 0.0355. The van der Waals surface area contributed by atoms with Crippen molar-refractivity contribution in [3.8, 4) is 5.75 Å². The number of sulfonamides is 1. The molecule has 174 valence electrons. The van der Waals surface area contributed by atoms with E-state index in [0.717, 1.165) is 10.4 Å². The molecular formula is C22H19Cl2FN2O5S. The van der Waals surface area contributed by atoms with E-state index in [-0.39, 0.29) is 29.7 Å². The Morgan fingerprint density at radius 2 is 1.45 bits per heavy atom. The van der Waals surface area contributed by atoms with Gasteiger partial charge in [-0.3, -0.25) is 0 Å². The van der Waals surface area contributed by atoms with Gasteiger partial charge in [-0.25, -0.2) is 17.6 Å². The van der Waals surface area contributed by atoms with Crippen LogP contribution in [0.2, 0.25) is 10.0 Å². The maximum Gasteiger partial charge on any atom is 0.404 e. The Hall–Kier alpha value is -2.85. The SMILES string of the molecule is O=C(O)NCc1ccc(CN(Cc2ccc(F)cc2)S(=O)(=O)c2cc(Cl)cc(Cl)c2O)cc1. The van der Waals surface area contributed by atoms with Gasteiger partial charge in [-0.05, 0) is 41.0 Å². The second-order valence-electron chi connectivity index (χ2n) is 7.11. The molecule has 0 aliphatic carbocycles. The number of halogens is 3. The van der Waals surface area contributed by atoms with Gasteiger partial charge in [0.05, 0.1) is 5.02 Å². The number of phenolic OH excluding ortho intramolecular Hbond substituents is 1. The normalized spacial score (nSPS) is 11.5. The number of rotatable bonds is 8. The zero-order valence-electron chi connectivity index (χ0n) is 17.0. The van der Waals surface area contributed by atoms with Gasteiger partial charge in [0.2, 0.25) is 10.0 Å². The molecule has 0 atom stereocenters. The first-order chi connectivity index (χ1) is 15.6. The summed E-state index contributed by atoms with van der Waals surface area (Å²) in [5, 5.41) is 21.1. The molecular weight excluding hydrogens is 494 g/mol. The van der Waals surface area contributed by atoms with Crippen molar-refractivity contribution < 1.29 is 27.8 Å². The van der Waals surface area contributed by atoms with Crippen LogP contribution in [0.1, 0.15) is 16.7 Å². The highest BCUT2D eigenvalue weighted by Crippen LogP contribution is 2.36. The van der Waals surface area contributed by atoms with Crippen LogP contribution in [0.5, 0.6) is 5.75 Å². The van der Waals surface area contributed by atoms with Crippen molar-refractivity contribution in [2.75, 3.05) is 0 Å². The van der Waals surface area contributed by atoms with E-state index in [1.807, 2.05) is 0 Å². The van der Waals surface area contributed by atoms with E-state index >= 15 is 0 Å². The fraction of sp³-hybridized carbons (Fsp3) is 0.136. The smallest absolute Gasteiger partial charge is 0.404 e. The zero-order chi connectivity index (χ0) is 24.2. The van der Waals surface area contributed by atoms with E-state index in [1.165, 1.54) is 30.3 Å². The van der Waals surface area contributed by atoms with Crippen molar-refractivity contribution >= 4 is 39.3 Å². The predicted octanol–water partition coefficient (Wildman–Crippen LogP) is 5.00. The van der Waals surface area contributed by atoms with E-state index in [1.54, 1.807) is 24.3 Å². The molecule has 7 nitrogen and oxygen atoms in total. The number of phenols is 1. The lowest BCUT2D eigenvalue weighted by molar-refractivity contribution is 0.194. The van der Waals surface area contributed by atoms with Crippen LogP contribution in [0.3, 0.4) is 0 Å². The molecule has 3 N–H and O–H groups in total. The first-order valence-corrected chi connectivity index (χ1v) is 11.7. The molecule has 0 saturated heterocycles. The highest BCUT2D eigenvalue weighted by atomic mass is 35.5. The third-order valence-electron chi connectivity index (χ3n) is 4.71. The van der Waals surface area contributed by atoms with Gasteiger partial charge < -0.3 is 15.5 Å². The Labute approximate surface area is 200 Å². The van der Waals surface area contributed by atoms with Crippen LogP contribution in [0.25, 0.3) is 0 Å². The Kier molecular flexibility index (Phi) is 7.80. The van der Waals surface area contributed by atoms with Crippen molar-refractivity contribution in [3.05, 3.63) is 93.2 Å². The molecule has 0 aliphatic heterocycles. The molecule has 0 aliphatic rings. The van der Waals surface area contributed by atoms with Crippen molar-refractivity contribution in [1.82, 2.24) is 9.62 Å². The lowest BCUT2D eigenvalue weighted by atomic mass is 10.1. The molecule has 0 radical (unpaired) electrons. The van der Waals surface area contributed by atoms with Crippen molar-refractivity contribution in [3.63, 3.8) is 0 Å². The molecule has 0 spiro atoms. The Morgan fingerprint density at radius 1 is 0.939 bits per heavy atom. The molecule has 33 heavy (non-hydrogen) atoms. The Bertz CT molecular complexity index is 1250. The molecule has 0 bridgehead atoms. The van der Waals surface area contributed by atoms with Crippen LogP contribution in [-0.4, -0.2) is 29.0 Å². The number of nitrogens with one attached hydrogen (secondary N) is 1. The van der Waals surface area contributed by atoms with Crippen LogP contribution in [0.4, 0.5) is 9.18 Å². The number of carboxylic acid groups (broad SMARTS) is 1. The summed E-state index contributed by atoms with van der Waals surface area (Å²) in [4.78, 5) is 10.2. The van der Waals surface area contributed by atoms with Crippen LogP contribution in [0.15, 0.2) is 65.6 Å². The lowest BCUT2D eigenvalue weighted by Gasteiger charge is -2.23. The number of hydrogen-bond donors (Lipinski definition) is 3. The van der Waals surface area contributed by atoms with Gasteiger partial charge in [0.1, 0.15) is 10.7 Å². The third kappa shape index (κ3) is 6.35. The first kappa shape index (κ1) is 24.8. The molecule has 0 saturated carbocycles. The Morgan fingerprint density at radius 3 is 2.00 bits per heavy atom. The largest absolute Gasteiger partial charge is 0.505 e. The number of amides is 1. The van der Waals surface area contributed by atoms with Crippen molar-refractivity contribution in [1.29, 1.82) is 0 Å². The lowest BCUT2D eigenvalue weighted by Crippen LogP contribution is -2.30. The van der Waals surface area contributed by atoms with Crippen LogP contribution in [0, 0.1) is 5.82 Å². The van der Waals surface area contributed by atoms with Crippen LogP contribution < -0.4 is 5.32 Å². The number of aromatic hydroxyl groups is 1. The van der Waals surface area contributed by atoms with Gasteiger partial charge in [0, 0.05) is 24.7 Å². The topological polar surface area (TPSA) is 107 Å². The maximum atomic E-state index is 13.5. The first-order valence-electron chi connectivity index (χ1n) is 9.53. The molecule has 3 aromatic carbocycles. The fourth-order valence-electron chi connectivity index (χ4n) is 3.04. The minimum Gasteiger partial charge on any atom is -0.505 e. The van der Waals surface area contributed by atoms with Gasteiger partial charge in [-0.1, -0.05) is 59.6 Å². The van der Waals surface area contributed by atoms with Gasteiger partial charge in [0.15, 0.2) is 5.75 Å². The number of benzene rings is 3. The summed E-state index contributed by atoms with van der Waals surface area (Å²) in [6.45, 7) is -0.105.